The van der Waals surface area contributed by atoms with Gasteiger partial charge in [-0.05, 0) is 89.0 Å². The minimum absolute atomic E-state index is 0.222. The quantitative estimate of drug-likeness (QED) is 0.0670. The Morgan fingerprint density at radius 1 is 0.364 bits per heavy atom. The molecule has 0 saturated heterocycles. The van der Waals surface area contributed by atoms with E-state index in [4.69, 9.17) is 17.2 Å². The predicted octanol–water partition coefficient (Wildman–Crippen LogP) is 6.39. The number of hydrogen-bond acceptors (Lipinski definition) is 6. The minimum Gasteiger partial charge on any atom is -0.325 e. The molecule has 55 heavy (non-hydrogen) atoms. The van der Waals surface area contributed by atoms with Crippen LogP contribution < -0.4 is 33.2 Å². The molecule has 9 nitrogen and oxygen atoms in total. The third-order valence-electron chi connectivity index (χ3n) is 9.44. The SMILES string of the molecule is N[C@@H](Cc1ccccc1)C(=O)Nc1ccc(C(c2ccc(NC(=O)[C@@H](N)Cc3ccccc3)cc2)c2ccc(NC(=O)[C@@H](N)Cc3ccccc3)cc2)cc1. The molecule has 0 heterocycles. The number of carbonyl (C=O) groups excluding carboxylic acids is 3. The number of rotatable bonds is 15. The molecular weight excluding hydrogens is 685 g/mol. The lowest BCUT2D eigenvalue weighted by Gasteiger charge is -2.21. The summed E-state index contributed by atoms with van der Waals surface area (Å²) in [5.41, 5.74) is 26.5. The first kappa shape index (κ1) is 38.3. The molecule has 9 N–H and O–H groups in total. The lowest BCUT2D eigenvalue weighted by atomic mass is 9.85. The van der Waals surface area contributed by atoms with E-state index in [9.17, 15) is 14.4 Å². The van der Waals surface area contributed by atoms with Gasteiger partial charge < -0.3 is 33.2 Å². The molecule has 9 heteroatoms. The highest BCUT2D eigenvalue weighted by molar-refractivity contribution is 5.96. The molecule has 3 amide bonds. The van der Waals surface area contributed by atoms with Crippen molar-refractivity contribution in [3.05, 3.63) is 197 Å². The molecule has 3 atom stereocenters. The van der Waals surface area contributed by atoms with E-state index in [0.717, 1.165) is 33.4 Å². The van der Waals surface area contributed by atoms with Gasteiger partial charge in [0, 0.05) is 23.0 Å². The summed E-state index contributed by atoms with van der Waals surface area (Å²) in [7, 11) is 0. The molecule has 6 rings (SSSR count). The second kappa shape index (κ2) is 18.6. The van der Waals surface area contributed by atoms with Gasteiger partial charge >= 0.3 is 0 Å². The number of amides is 3. The van der Waals surface area contributed by atoms with Crippen molar-refractivity contribution in [2.24, 2.45) is 17.2 Å². The van der Waals surface area contributed by atoms with Crippen LogP contribution in [0.1, 0.15) is 39.3 Å². The lowest BCUT2D eigenvalue weighted by Crippen LogP contribution is -2.37. The van der Waals surface area contributed by atoms with Crippen LogP contribution in [0.5, 0.6) is 0 Å². The van der Waals surface area contributed by atoms with E-state index >= 15 is 0 Å². The molecule has 0 unspecified atom stereocenters. The van der Waals surface area contributed by atoms with E-state index in [1.54, 1.807) is 0 Å². The molecular formula is C46H46N6O3. The van der Waals surface area contributed by atoms with Crippen molar-refractivity contribution in [2.45, 2.75) is 43.3 Å². The molecule has 6 aromatic carbocycles. The monoisotopic (exact) mass is 730 g/mol. The summed E-state index contributed by atoms with van der Waals surface area (Å²) in [6.45, 7) is 0. The van der Waals surface area contributed by atoms with E-state index in [-0.39, 0.29) is 23.6 Å². The molecule has 0 aliphatic rings. The van der Waals surface area contributed by atoms with Crippen molar-refractivity contribution in [1.82, 2.24) is 0 Å². The van der Waals surface area contributed by atoms with Crippen LogP contribution in [0.15, 0.2) is 164 Å². The summed E-state index contributed by atoms with van der Waals surface area (Å²) in [6, 6.07) is 49.9. The zero-order valence-corrected chi connectivity index (χ0v) is 30.5. The molecule has 0 aliphatic carbocycles. The minimum atomic E-state index is -0.700. The lowest BCUT2D eigenvalue weighted by molar-refractivity contribution is -0.118. The zero-order valence-electron chi connectivity index (χ0n) is 30.5. The molecule has 0 bridgehead atoms. The fraction of sp³-hybridized carbons (Fsp3) is 0.152. The standard InChI is InChI=1S/C46H46N6O3/c47-40(28-31-10-4-1-5-11-31)44(53)50-37-22-16-34(17-23-37)43(35-18-24-38(25-19-35)51-45(54)41(48)29-32-12-6-2-7-13-32)36-20-26-39(27-21-36)52-46(55)42(49)30-33-14-8-3-9-15-33/h1-27,40-43H,28-30,47-49H2,(H,50,53)(H,51,54)(H,52,55)/t40-,41-,42-/m0/s1. The van der Waals surface area contributed by atoms with Crippen molar-refractivity contribution >= 4 is 34.8 Å². The highest BCUT2D eigenvalue weighted by Crippen LogP contribution is 2.34. The first-order chi connectivity index (χ1) is 26.7. The van der Waals surface area contributed by atoms with Gasteiger partial charge in [-0.15, -0.1) is 0 Å². The molecule has 0 aromatic heterocycles. The first-order valence-corrected chi connectivity index (χ1v) is 18.3. The predicted molar refractivity (Wildman–Crippen MR) is 221 cm³/mol. The van der Waals surface area contributed by atoms with Gasteiger partial charge in [-0.1, -0.05) is 127 Å². The Morgan fingerprint density at radius 3 is 0.836 bits per heavy atom. The number of nitrogens with two attached hydrogens (primary N) is 3. The molecule has 0 radical (unpaired) electrons. The molecule has 278 valence electrons. The van der Waals surface area contributed by atoms with Crippen molar-refractivity contribution in [3.63, 3.8) is 0 Å². The van der Waals surface area contributed by atoms with Gasteiger partial charge in [0.2, 0.25) is 17.7 Å². The Bertz CT molecular complexity index is 1900. The van der Waals surface area contributed by atoms with Crippen LogP contribution in [0.4, 0.5) is 17.1 Å². The Labute approximate surface area is 322 Å². The van der Waals surface area contributed by atoms with Crippen LogP contribution in [0.3, 0.4) is 0 Å². The number of benzene rings is 6. The molecule has 0 fully saturated rings. The van der Waals surface area contributed by atoms with Gasteiger partial charge in [-0.3, -0.25) is 14.4 Å². The maximum atomic E-state index is 13.0. The number of anilines is 3. The van der Waals surface area contributed by atoms with Gasteiger partial charge in [0.25, 0.3) is 0 Å². The van der Waals surface area contributed by atoms with Gasteiger partial charge in [0.1, 0.15) is 0 Å². The highest BCUT2D eigenvalue weighted by atomic mass is 16.2. The van der Waals surface area contributed by atoms with Crippen molar-refractivity contribution < 1.29 is 14.4 Å². The van der Waals surface area contributed by atoms with Crippen LogP contribution >= 0.6 is 0 Å². The first-order valence-electron chi connectivity index (χ1n) is 18.3. The Kier molecular flexibility index (Phi) is 13.0. The average Bonchev–Trinajstić information content (AvgIpc) is 3.21. The highest BCUT2D eigenvalue weighted by Gasteiger charge is 2.21. The third-order valence-corrected chi connectivity index (χ3v) is 9.44. The fourth-order valence-corrected chi connectivity index (χ4v) is 6.44. The van der Waals surface area contributed by atoms with Crippen LogP contribution in [-0.2, 0) is 33.6 Å². The summed E-state index contributed by atoms with van der Waals surface area (Å²) in [6.07, 6.45) is 1.28. The van der Waals surface area contributed by atoms with E-state index in [1.807, 2.05) is 164 Å². The van der Waals surface area contributed by atoms with Crippen molar-refractivity contribution in [1.29, 1.82) is 0 Å². The van der Waals surface area contributed by atoms with E-state index in [1.165, 1.54) is 0 Å². The second-order valence-corrected chi connectivity index (χ2v) is 13.7. The van der Waals surface area contributed by atoms with E-state index < -0.39 is 18.1 Å². The molecule has 0 aliphatic heterocycles. The van der Waals surface area contributed by atoms with Gasteiger partial charge in [-0.25, -0.2) is 0 Å². The van der Waals surface area contributed by atoms with Crippen LogP contribution in [0, 0.1) is 0 Å². The largest absolute Gasteiger partial charge is 0.325 e. The molecule has 6 aromatic rings. The summed E-state index contributed by atoms with van der Waals surface area (Å²) in [5, 5.41) is 8.83. The van der Waals surface area contributed by atoms with Gasteiger partial charge in [-0.2, -0.15) is 0 Å². The summed E-state index contributed by atoms with van der Waals surface area (Å²) < 4.78 is 0. The number of nitrogens with one attached hydrogen (secondary N) is 3. The summed E-state index contributed by atoms with van der Waals surface area (Å²) >= 11 is 0. The molecule has 0 saturated carbocycles. The zero-order chi connectivity index (χ0) is 38.6. The third kappa shape index (κ3) is 10.8. The van der Waals surface area contributed by atoms with Gasteiger partial charge in [0.15, 0.2) is 0 Å². The Morgan fingerprint density at radius 2 is 0.600 bits per heavy atom. The fourth-order valence-electron chi connectivity index (χ4n) is 6.44. The van der Waals surface area contributed by atoms with Crippen LogP contribution in [0.2, 0.25) is 0 Å². The smallest absolute Gasteiger partial charge is 0.241 e. The van der Waals surface area contributed by atoms with Crippen LogP contribution in [0.25, 0.3) is 0 Å². The maximum Gasteiger partial charge on any atom is 0.241 e. The Hall–Kier alpha value is -6.39. The van der Waals surface area contributed by atoms with Gasteiger partial charge in [0.05, 0.1) is 18.1 Å². The van der Waals surface area contributed by atoms with Crippen molar-refractivity contribution in [3.8, 4) is 0 Å². The Balaban J connectivity index is 1.18. The maximum absolute atomic E-state index is 13.0. The number of carbonyl (C=O) groups is 3. The van der Waals surface area contributed by atoms with Crippen LogP contribution in [-0.4, -0.2) is 35.8 Å². The topological polar surface area (TPSA) is 165 Å². The number of hydrogen-bond donors (Lipinski definition) is 6. The summed E-state index contributed by atoms with van der Waals surface area (Å²) in [4.78, 5) is 38.9. The van der Waals surface area contributed by atoms with E-state index in [2.05, 4.69) is 16.0 Å². The van der Waals surface area contributed by atoms with Crippen molar-refractivity contribution in [2.75, 3.05) is 16.0 Å². The van der Waals surface area contributed by atoms with E-state index in [0.29, 0.717) is 36.3 Å². The average molecular weight is 731 g/mol. The second-order valence-electron chi connectivity index (χ2n) is 13.7. The summed E-state index contributed by atoms with van der Waals surface area (Å²) in [5.74, 6) is -1.03. The normalized spacial score (nSPS) is 12.7. The molecule has 0 spiro atoms.